The number of hydrogen-bond donors (Lipinski definition) is 1. The quantitative estimate of drug-likeness (QED) is 0.852. The average molecular weight is 338 g/mol. The molecule has 0 amide bonds. The van der Waals surface area contributed by atoms with Crippen molar-refractivity contribution in [3.05, 3.63) is 51.9 Å². The Bertz CT molecular complexity index is 565. The second-order valence-corrected chi connectivity index (χ2v) is 5.39. The fourth-order valence-electron chi connectivity index (χ4n) is 2.36. The number of nitrogens with one attached hydrogen (secondary N) is 1. The smallest absolute Gasteiger partial charge is 0.120 e. The first kappa shape index (κ1) is 15.1. The third-order valence-electron chi connectivity index (χ3n) is 3.34. The van der Waals surface area contributed by atoms with E-state index in [1.54, 1.807) is 13.4 Å². The van der Waals surface area contributed by atoms with Crippen molar-refractivity contribution in [3.63, 3.8) is 0 Å². The Labute approximate surface area is 128 Å². The highest BCUT2D eigenvalue weighted by molar-refractivity contribution is 9.10. The maximum Gasteiger partial charge on any atom is 0.120 e. The molecule has 1 heterocycles. The van der Waals surface area contributed by atoms with Crippen LogP contribution in [0.2, 0.25) is 0 Å². The molecule has 0 radical (unpaired) electrons. The maximum absolute atomic E-state index is 5.57. The fourth-order valence-corrected chi connectivity index (χ4v) is 2.94. The van der Waals surface area contributed by atoms with Gasteiger partial charge in [0.25, 0.3) is 0 Å². The van der Waals surface area contributed by atoms with Crippen LogP contribution in [0.1, 0.15) is 36.8 Å². The van der Waals surface area contributed by atoms with Gasteiger partial charge in [-0.3, -0.25) is 0 Å². The van der Waals surface area contributed by atoms with Crippen LogP contribution in [-0.4, -0.2) is 13.7 Å². The van der Waals surface area contributed by atoms with Gasteiger partial charge in [0.2, 0.25) is 0 Å². The third-order valence-corrected chi connectivity index (χ3v) is 4.03. The summed E-state index contributed by atoms with van der Waals surface area (Å²) < 4.78 is 11.9. The molecule has 3 nitrogen and oxygen atoms in total. The third kappa shape index (κ3) is 3.07. The molecule has 0 fully saturated rings. The van der Waals surface area contributed by atoms with Gasteiger partial charge >= 0.3 is 0 Å². The van der Waals surface area contributed by atoms with E-state index in [0.29, 0.717) is 0 Å². The summed E-state index contributed by atoms with van der Waals surface area (Å²) in [6.07, 6.45) is 2.65. The molecule has 4 heteroatoms. The highest BCUT2D eigenvalue weighted by Gasteiger charge is 2.20. The van der Waals surface area contributed by atoms with E-state index in [-0.39, 0.29) is 6.04 Å². The van der Waals surface area contributed by atoms with Gasteiger partial charge < -0.3 is 14.5 Å². The van der Waals surface area contributed by atoms with Crippen LogP contribution in [0.3, 0.4) is 0 Å². The van der Waals surface area contributed by atoms with E-state index < -0.39 is 0 Å². The Morgan fingerprint density at radius 3 is 2.65 bits per heavy atom. The lowest BCUT2D eigenvalue weighted by Gasteiger charge is -2.20. The molecule has 1 aromatic carbocycles. The van der Waals surface area contributed by atoms with Crippen molar-refractivity contribution < 1.29 is 9.15 Å². The molecule has 2 rings (SSSR count). The van der Waals surface area contributed by atoms with E-state index in [0.717, 1.165) is 28.9 Å². The van der Waals surface area contributed by atoms with Gasteiger partial charge in [-0.1, -0.05) is 35.8 Å². The van der Waals surface area contributed by atoms with Crippen LogP contribution in [-0.2, 0) is 6.42 Å². The monoisotopic (exact) mass is 337 g/mol. The van der Waals surface area contributed by atoms with Crippen LogP contribution in [0, 0.1) is 0 Å². The van der Waals surface area contributed by atoms with Crippen LogP contribution >= 0.6 is 15.9 Å². The summed E-state index contributed by atoms with van der Waals surface area (Å²) in [4.78, 5) is 0. The number of halogens is 1. The lowest BCUT2D eigenvalue weighted by molar-refractivity contribution is 0.414. The van der Waals surface area contributed by atoms with Crippen molar-refractivity contribution in [1.82, 2.24) is 5.32 Å². The Morgan fingerprint density at radius 2 is 2.05 bits per heavy atom. The molecule has 1 N–H and O–H groups in total. The van der Waals surface area contributed by atoms with Gasteiger partial charge in [-0.15, -0.1) is 0 Å². The molecule has 0 saturated heterocycles. The first-order valence-electron chi connectivity index (χ1n) is 6.84. The highest BCUT2D eigenvalue weighted by atomic mass is 79.9. The summed E-state index contributed by atoms with van der Waals surface area (Å²) in [6.45, 7) is 5.10. The second-order valence-electron chi connectivity index (χ2n) is 4.53. The molecule has 0 aliphatic carbocycles. The summed E-state index contributed by atoms with van der Waals surface area (Å²) >= 11 is 3.64. The number of benzene rings is 1. The predicted molar refractivity (Wildman–Crippen MR) is 84.3 cm³/mol. The first-order valence-corrected chi connectivity index (χ1v) is 7.63. The molecule has 20 heavy (non-hydrogen) atoms. The molecule has 108 valence electrons. The number of methoxy groups -OCH3 is 1. The summed E-state index contributed by atoms with van der Waals surface area (Å²) in [6, 6.07) is 8.22. The van der Waals surface area contributed by atoms with E-state index >= 15 is 0 Å². The van der Waals surface area contributed by atoms with Crippen molar-refractivity contribution in [2.45, 2.75) is 26.3 Å². The normalized spacial score (nSPS) is 12.4. The Balaban J connectivity index is 2.43. The van der Waals surface area contributed by atoms with Gasteiger partial charge in [0.05, 0.1) is 19.4 Å². The molecule has 1 aromatic heterocycles. The summed E-state index contributed by atoms with van der Waals surface area (Å²) in [7, 11) is 1.68. The zero-order chi connectivity index (χ0) is 14.5. The Hall–Kier alpha value is -1.26. The molecule has 1 atom stereocenters. The number of aryl methyl sites for hydroxylation is 1. The van der Waals surface area contributed by atoms with Crippen molar-refractivity contribution in [1.29, 1.82) is 0 Å². The molecule has 2 aromatic rings. The molecule has 0 spiro atoms. The van der Waals surface area contributed by atoms with Crippen LogP contribution in [0.5, 0.6) is 5.75 Å². The van der Waals surface area contributed by atoms with Gasteiger partial charge in [-0.2, -0.15) is 0 Å². The molecular weight excluding hydrogens is 318 g/mol. The second kappa shape index (κ2) is 6.95. The summed E-state index contributed by atoms with van der Waals surface area (Å²) in [5.74, 6) is 1.87. The minimum atomic E-state index is 0.119. The Morgan fingerprint density at radius 1 is 1.25 bits per heavy atom. The van der Waals surface area contributed by atoms with Crippen LogP contribution in [0.25, 0.3) is 0 Å². The molecule has 0 aliphatic rings. The van der Waals surface area contributed by atoms with Gasteiger partial charge in [0.15, 0.2) is 0 Å². The fraction of sp³-hybridized carbons (Fsp3) is 0.375. The highest BCUT2D eigenvalue weighted by Crippen LogP contribution is 2.33. The standard InChI is InChI=1S/C16H20BrNO2/c1-4-15-13(8-9-20-15)16(18-5-2)12-7-6-11(19-3)10-14(12)17/h6-10,16,18H,4-5H2,1-3H3. The molecular formula is C16H20BrNO2. The van der Waals surface area contributed by atoms with E-state index in [9.17, 15) is 0 Å². The van der Waals surface area contributed by atoms with Crippen LogP contribution in [0.4, 0.5) is 0 Å². The topological polar surface area (TPSA) is 34.4 Å². The van der Waals surface area contributed by atoms with Crippen molar-refractivity contribution in [2.75, 3.05) is 13.7 Å². The van der Waals surface area contributed by atoms with Crippen LogP contribution < -0.4 is 10.1 Å². The maximum atomic E-state index is 5.57. The van der Waals surface area contributed by atoms with Gasteiger partial charge in [-0.05, 0) is 30.3 Å². The number of ether oxygens (including phenoxy) is 1. The number of rotatable bonds is 6. The van der Waals surface area contributed by atoms with E-state index in [1.165, 1.54) is 11.1 Å². The van der Waals surface area contributed by atoms with Gasteiger partial charge in [0.1, 0.15) is 11.5 Å². The largest absolute Gasteiger partial charge is 0.497 e. The zero-order valence-corrected chi connectivity index (χ0v) is 13.7. The molecule has 1 unspecified atom stereocenters. The minimum Gasteiger partial charge on any atom is -0.497 e. The molecule has 0 bridgehead atoms. The average Bonchev–Trinajstić information content (AvgIpc) is 2.93. The van der Waals surface area contributed by atoms with Crippen LogP contribution in [0.15, 0.2) is 39.4 Å². The van der Waals surface area contributed by atoms with Crippen molar-refractivity contribution >= 4 is 15.9 Å². The number of furan rings is 1. The van der Waals surface area contributed by atoms with Gasteiger partial charge in [-0.25, -0.2) is 0 Å². The lowest BCUT2D eigenvalue weighted by atomic mass is 9.98. The predicted octanol–water partition coefficient (Wildman–Crippen LogP) is 4.31. The summed E-state index contributed by atoms with van der Waals surface area (Å²) in [5, 5.41) is 3.52. The molecule has 0 saturated carbocycles. The van der Waals surface area contributed by atoms with E-state index in [4.69, 9.17) is 9.15 Å². The van der Waals surface area contributed by atoms with Crippen molar-refractivity contribution in [3.8, 4) is 5.75 Å². The SMILES string of the molecule is CCNC(c1ccc(OC)cc1Br)c1ccoc1CC. The Kier molecular flexibility index (Phi) is 5.26. The minimum absolute atomic E-state index is 0.119. The van der Waals surface area contributed by atoms with Crippen molar-refractivity contribution in [2.24, 2.45) is 0 Å². The van der Waals surface area contributed by atoms with Gasteiger partial charge in [0, 0.05) is 16.5 Å². The number of hydrogen-bond acceptors (Lipinski definition) is 3. The lowest BCUT2D eigenvalue weighted by Crippen LogP contribution is -2.22. The van der Waals surface area contributed by atoms with E-state index in [2.05, 4.69) is 41.2 Å². The molecule has 0 aliphatic heterocycles. The van der Waals surface area contributed by atoms with E-state index in [1.807, 2.05) is 18.2 Å². The summed E-state index contributed by atoms with van der Waals surface area (Å²) in [5.41, 5.74) is 2.38. The first-order chi connectivity index (χ1) is 9.71. The zero-order valence-electron chi connectivity index (χ0n) is 12.1.